The first-order valence-corrected chi connectivity index (χ1v) is 7.08. The van der Waals surface area contributed by atoms with Crippen LogP contribution in [0.1, 0.15) is 30.9 Å². The van der Waals surface area contributed by atoms with Gasteiger partial charge in [0.05, 0.1) is 0 Å². The first-order valence-electron chi connectivity index (χ1n) is 7.08. The monoisotopic (exact) mass is 247 g/mol. The zero-order valence-corrected chi connectivity index (χ0v) is 11.7. The van der Waals surface area contributed by atoms with E-state index in [2.05, 4.69) is 43.6 Å². The van der Waals surface area contributed by atoms with Crippen LogP contribution >= 0.6 is 0 Å². The topological polar surface area (TPSA) is 21.3 Å². The molecule has 1 heterocycles. The molecule has 1 aliphatic rings. The Kier molecular flexibility index (Phi) is 4.79. The SMILES string of the molecule is CCc1ccc(CC2(CNC)CCOCC2)cc1. The van der Waals surface area contributed by atoms with Crippen molar-refractivity contribution in [3.8, 4) is 0 Å². The fraction of sp³-hybridized carbons (Fsp3) is 0.625. The maximum absolute atomic E-state index is 5.52. The predicted molar refractivity (Wildman–Crippen MR) is 75.9 cm³/mol. The van der Waals surface area contributed by atoms with Crippen LogP contribution in [0, 0.1) is 5.41 Å². The number of rotatable bonds is 5. The van der Waals surface area contributed by atoms with Crippen molar-refractivity contribution in [1.29, 1.82) is 0 Å². The van der Waals surface area contributed by atoms with Crippen LogP contribution in [0.2, 0.25) is 0 Å². The van der Waals surface area contributed by atoms with Crippen molar-refractivity contribution in [3.05, 3.63) is 35.4 Å². The van der Waals surface area contributed by atoms with Crippen molar-refractivity contribution >= 4 is 0 Å². The van der Waals surface area contributed by atoms with Crippen molar-refractivity contribution < 1.29 is 4.74 Å². The average molecular weight is 247 g/mol. The minimum atomic E-state index is 0.390. The highest BCUT2D eigenvalue weighted by Gasteiger charge is 2.31. The highest BCUT2D eigenvalue weighted by molar-refractivity contribution is 5.23. The van der Waals surface area contributed by atoms with Gasteiger partial charge in [0.1, 0.15) is 0 Å². The molecule has 18 heavy (non-hydrogen) atoms. The van der Waals surface area contributed by atoms with Gasteiger partial charge in [-0.25, -0.2) is 0 Å². The molecule has 0 aromatic heterocycles. The van der Waals surface area contributed by atoms with Crippen molar-refractivity contribution in [2.45, 2.75) is 32.6 Å². The molecule has 0 aliphatic carbocycles. The molecule has 1 fully saturated rings. The van der Waals surface area contributed by atoms with E-state index < -0.39 is 0 Å². The van der Waals surface area contributed by atoms with E-state index in [9.17, 15) is 0 Å². The Morgan fingerprint density at radius 3 is 2.28 bits per heavy atom. The zero-order chi connectivity index (χ0) is 12.8. The van der Waals surface area contributed by atoms with Gasteiger partial charge in [-0.1, -0.05) is 31.2 Å². The summed E-state index contributed by atoms with van der Waals surface area (Å²) < 4.78 is 5.52. The van der Waals surface area contributed by atoms with Crippen molar-refractivity contribution in [1.82, 2.24) is 5.32 Å². The lowest BCUT2D eigenvalue weighted by molar-refractivity contribution is 0.0158. The highest BCUT2D eigenvalue weighted by atomic mass is 16.5. The van der Waals surface area contributed by atoms with Gasteiger partial charge in [-0.2, -0.15) is 0 Å². The summed E-state index contributed by atoms with van der Waals surface area (Å²) >= 11 is 0. The quantitative estimate of drug-likeness (QED) is 0.864. The van der Waals surface area contributed by atoms with Gasteiger partial charge in [0.15, 0.2) is 0 Å². The van der Waals surface area contributed by atoms with Crippen LogP contribution < -0.4 is 5.32 Å². The van der Waals surface area contributed by atoms with Crippen LogP contribution in [-0.2, 0) is 17.6 Å². The number of ether oxygens (including phenoxy) is 1. The minimum absolute atomic E-state index is 0.390. The lowest BCUT2D eigenvalue weighted by Gasteiger charge is -2.37. The first-order chi connectivity index (χ1) is 8.78. The third-order valence-corrected chi connectivity index (χ3v) is 4.12. The number of benzene rings is 1. The standard InChI is InChI=1S/C16H25NO/c1-3-14-4-6-15(7-5-14)12-16(13-17-2)8-10-18-11-9-16/h4-7,17H,3,8-13H2,1-2H3. The van der Waals surface area contributed by atoms with E-state index in [1.165, 1.54) is 30.4 Å². The van der Waals surface area contributed by atoms with E-state index in [-0.39, 0.29) is 0 Å². The summed E-state index contributed by atoms with van der Waals surface area (Å²) in [7, 11) is 2.05. The van der Waals surface area contributed by atoms with Crippen LogP contribution in [0.5, 0.6) is 0 Å². The summed E-state index contributed by atoms with van der Waals surface area (Å²) in [5.41, 5.74) is 3.28. The Morgan fingerprint density at radius 1 is 1.11 bits per heavy atom. The fourth-order valence-corrected chi connectivity index (χ4v) is 2.92. The molecule has 0 spiro atoms. The van der Waals surface area contributed by atoms with E-state index in [0.717, 1.165) is 26.2 Å². The van der Waals surface area contributed by atoms with Gasteiger partial charge in [-0.15, -0.1) is 0 Å². The van der Waals surface area contributed by atoms with Crippen LogP contribution in [-0.4, -0.2) is 26.8 Å². The molecule has 1 saturated heterocycles. The molecule has 1 aromatic carbocycles. The second-order valence-corrected chi connectivity index (χ2v) is 5.49. The number of aryl methyl sites for hydroxylation is 1. The van der Waals surface area contributed by atoms with Crippen molar-refractivity contribution in [3.63, 3.8) is 0 Å². The molecular weight excluding hydrogens is 222 g/mol. The van der Waals surface area contributed by atoms with Gasteiger partial charge in [-0.05, 0) is 49.3 Å². The Hall–Kier alpha value is -0.860. The molecule has 1 aliphatic heterocycles. The molecule has 1 N–H and O–H groups in total. The smallest absolute Gasteiger partial charge is 0.0471 e. The molecule has 2 rings (SSSR count). The summed E-state index contributed by atoms with van der Waals surface area (Å²) in [6.07, 6.45) is 4.63. The second-order valence-electron chi connectivity index (χ2n) is 5.49. The van der Waals surface area contributed by atoms with Crippen LogP contribution in [0.15, 0.2) is 24.3 Å². The summed E-state index contributed by atoms with van der Waals surface area (Å²) in [5, 5.41) is 3.37. The van der Waals surface area contributed by atoms with Gasteiger partial charge in [0, 0.05) is 19.8 Å². The lowest BCUT2D eigenvalue weighted by atomic mass is 9.75. The predicted octanol–water partition coefficient (Wildman–Crippen LogP) is 2.81. The third-order valence-electron chi connectivity index (χ3n) is 4.12. The normalized spacial score (nSPS) is 18.8. The van der Waals surface area contributed by atoms with E-state index in [0.29, 0.717) is 5.41 Å². The molecule has 0 amide bonds. The van der Waals surface area contributed by atoms with Gasteiger partial charge < -0.3 is 10.1 Å². The summed E-state index contributed by atoms with van der Waals surface area (Å²) in [4.78, 5) is 0. The van der Waals surface area contributed by atoms with Gasteiger partial charge in [-0.3, -0.25) is 0 Å². The molecule has 0 saturated carbocycles. The van der Waals surface area contributed by atoms with E-state index >= 15 is 0 Å². The number of hydrogen-bond donors (Lipinski definition) is 1. The minimum Gasteiger partial charge on any atom is -0.381 e. The van der Waals surface area contributed by atoms with Gasteiger partial charge in [0.25, 0.3) is 0 Å². The summed E-state index contributed by atoms with van der Waals surface area (Å²) in [5.74, 6) is 0. The van der Waals surface area contributed by atoms with E-state index in [1.54, 1.807) is 0 Å². The third kappa shape index (κ3) is 3.33. The van der Waals surface area contributed by atoms with Crippen LogP contribution in [0.4, 0.5) is 0 Å². The second kappa shape index (κ2) is 6.35. The Labute approximate surface area is 111 Å². The number of hydrogen-bond acceptors (Lipinski definition) is 2. The largest absolute Gasteiger partial charge is 0.381 e. The van der Waals surface area contributed by atoms with Gasteiger partial charge >= 0.3 is 0 Å². The highest BCUT2D eigenvalue weighted by Crippen LogP contribution is 2.33. The van der Waals surface area contributed by atoms with Crippen molar-refractivity contribution in [2.24, 2.45) is 5.41 Å². The first kappa shape index (κ1) is 13.6. The molecule has 2 nitrogen and oxygen atoms in total. The molecular formula is C16H25NO. The molecule has 0 bridgehead atoms. The van der Waals surface area contributed by atoms with Crippen LogP contribution in [0.3, 0.4) is 0 Å². The Bertz CT molecular complexity index is 346. The number of nitrogens with one attached hydrogen (secondary N) is 1. The average Bonchev–Trinajstić information content (AvgIpc) is 2.41. The maximum Gasteiger partial charge on any atom is 0.0471 e. The van der Waals surface area contributed by atoms with Crippen molar-refractivity contribution in [2.75, 3.05) is 26.8 Å². The molecule has 0 atom stereocenters. The lowest BCUT2D eigenvalue weighted by Crippen LogP contribution is -2.39. The fourth-order valence-electron chi connectivity index (χ4n) is 2.92. The Balaban J connectivity index is 2.07. The molecule has 1 aromatic rings. The zero-order valence-electron chi connectivity index (χ0n) is 11.7. The summed E-state index contributed by atoms with van der Waals surface area (Å²) in [6, 6.07) is 9.13. The molecule has 2 heteroatoms. The maximum atomic E-state index is 5.52. The van der Waals surface area contributed by atoms with Crippen LogP contribution in [0.25, 0.3) is 0 Å². The van der Waals surface area contributed by atoms with Gasteiger partial charge in [0.2, 0.25) is 0 Å². The summed E-state index contributed by atoms with van der Waals surface area (Å²) in [6.45, 7) is 5.12. The van der Waals surface area contributed by atoms with E-state index in [4.69, 9.17) is 4.74 Å². The molecule has 100 valence electrons. The molecule has 0 unspecified atom stereocenters. The Morgan fingerprint density at radius 2 is 1.72 bits per heavy atom. The van der Waals surface area contributed by atoms with E-state index in [1.807, 2.05) is 0 Å². The molecule has 0 radical (unpaired) electrons.